The van der Waals surface area contributed by atoms with Gasteiger partial charge >= 0.3 is 0 Å². The van der Waals surface area contributed by atoms with Gasteiger partial charge in [-0.05, 0) is 69.2 Å². The fourth-order valence-electron chi connectivity index (χ4n) is 4.04. The molecule has 0 bridgehead atoms. The predicted molar refractivity (Wildman–Crippen MR) is 116 cm³/mol. The lowest BCUT2D eigenvalue weighted by Crippen LogP contribution is -2.32. The van der Waals surface area contributed by atoms with Gasteiger partial charge in [0.2, 0.25) is 5.91 Å². The number of fused-ring (bicyclic) bond motifs is 1. The number of benzene rings is 1. The highest BCUT2D eigenvalue weighted by Crippen LogP contribution is 2.32. The molecule has 3 aromatic rings. The summed E-state index contributed by atoms with van der Waals surface area (Å²) in [5.41, 5.74) is 7.54. The summed E-state index contributed by atoms with van der Waals surface area (Å²) in [6, 6.07) is 9.87. The first-order chi connectivity index (χ1) is 14.4. The molecule has 156 valence electrons. The van der Waals surface area contributed by atoms with Crippen LogP contribution < -0.4 is 11.1 Å². The lowest BCUT2D eigenvalue weighted by molar-refractivity contribution is 0.100. The molecule has 0 radical (unpaired) electrons. The van der Waals surface area contributed by atoms with E-state index in [1.54, 1.807) is 12.3 Å². The Morgan fingerprint density at radius 3 is 2.73 bits per heavy atom. The summed E-state index contributed by atoms with van der Waals surface area (Å²) in [7, 11) is 2.17. The Morgan fingerprint density at radius 1 is 1.23 bits per heavy atom. The van der Waals surface area contributed by atoms with Gasteiger partial charge in [0.25, 0.3) is 0 Å². The Kier molecular flexibility index (Phi) is 5.63. The predicted octanol–water partition coefficient (Wildman–Crippen LogP) is 4.06. The van der Waals surface area contributed by atoms with Gasteiger partial charge in [-0.1, -0.05) is 6.92 Å². The average Bonchev–Trinajstić information content (AvgIpc) is 2.74. The number of nitrogens with one attached hydrogen (secondary N) is 1. The van der Waals surface area contributed by atoms with Gasteiger partial charge in [-0.3, -0.25) is 9.78 Å². The molecule has 1 atom stereocenters. The molecule has 0 aliphatic carbocycles. The number of nitrogens with zero attached hydrogens (tertiary/aromatic N) is 3. The molecule has 3 N–H and O–H groups in total. The number of likely N-dealkylation sites (tertiary alicyclic amines) is 1. The van der Waals surface area contributed by atoms with Crippen molar-refractivity contribution in [2.24, 2.45) is 11.7 Å². The summed E-state index contributed by atoms with van der Waals surface area (Å²) in [4.78, 5) is 23.0. The highest BCUT2D eigenvalue weighted by Gasteiger charge is 2.24. The summed E-state index contributed by atoms with van der Waals surface area (Å²) >= 11 is 0. The zero-order valence-electron chi connectivity index (χ0n) is 17.2. The molecule has 30 heavy (non-hydrogen) atoms. The van der Waals surface area contributed by atoms with Crippen molar-refractivity contribution in [3.63, 3.8) is 0 Å². The normalized spacial score (nSPS) is 16.5. The number of carbonyl (C=O) groups is 1. The lowest BCUT2D eigenvalue weighted by Gasteiger charge is -2.32. The molecule has 1 saturated heterocycles. The number of rotatable bonds is 5. The van der Waals surface area contributed by atoms with Gasteiger partial charge in [0.05, 0.1) is 11.2 Å². The van der Waals surface area contributed by atoms with E-state index in [9.17, 15) is 9.18 Å². The minimum Gasteiger partial charge on any atom is -0.366 e. The van der Waals surface area contributed by atoms with Crippen LogP contribution in [-0.4, -0.2) is 40.9 Å². The van der Waals surface area contributed by atoms with E-state index in [-0.39, 0.29) is 11.3 Å². The Labute approximate surface area is 175 Å². The van der Waals surface area contributed by atoms with Gasteiger partial charge in [0.1, 0.15) is 11.6 Å². The number of hydrogen-bond acceptors (Lipinski definition) is 5. The van der Waals surface area contributed by atoms with Crippen LogP contribution in [0.5, 0.6) is 0 Å². The molecule has 1 unspecified atom stereocenters. The number of amides is 1. The van der Waals surface area contributed by atoms with Crippen molar-refractivity contribution in [1.82, 2.24) is 14.9 Å². The maximum absolute atomic E-state index is 14.2. The Bertz CT molecular complexity index is 1080. The molecule has 6 nitrogen and oxygen atoms in total. The van der Waals surface area contributed by atoms with E-state index in [0.29, 0.717) is 17.7 Å². The smallest absolute Gasteiger partial charge is 0.248 e. The van der Waals surface area contributed by atoms with Gasteiger partial charge in [-0.15, -0.1) is 0 Å². The zero-order chi connectivity index (χ0) is 21.3. The van der Waals surface area contributed by atoms with E-state index >= 15 is 0 Å². The first kappa shape index (κ1) is 20.2. The zero-order valence-corrected chi connectivity index (χ0v) is 17.2. The number of hydrogen-bond donors (Lipinski definition) is 2. The van der Waals surface area contributed by atoms with Crippen molar-refractivity contribution in [3.05, 3.63) is 59.7 Å². The molecule has 7 heteroatoms. The molecule has 0 spiro atoms. The minimum atomic E-state index is -0.612. The highest BCUT2D eigenvalue weighted by atomic mass is 19.1. The number of halogens is 1. The second-order valence-corrected chi connectivity index (χ2v) is 8.11. The van der Waals surface area contributed by atoms with Gasteiger partial charge in [-0.25, -0.2) is 9.37 Å². The Morgan fingerprint density at radius 2 is 2.00 bits per heavy atom. The average molecular weight is 407 g/mol. The molecule has 1 fully saturated rings. The molecule has 2 aromatic heterocycles. The molecular formula is C23H26FN5O. The number of nitrogens with two attached hydrogens (primary N) is 1. The van der Waals surface area contributed by atoms with Gasteiger partial charge in [0.15, 0.2) is 0 Å². The van der Waals surface area contributed by atoms with Crippen molar-refractivity contribution in [2.45, 2.75) is 25.7 Å². The summed E-state index contributed by atoms with van der Waals surface area (Å²) < 4.78 is 14.2. The Hall–Kier alpha value is -3.06. The molecule has 1 aliphatic heterocycles. The van der Waals surface area contributed by atoms with Crippen LogP contribution in [0.15, 0.2) is 42.6 Å². The Balaban J connectivity index is 1.59. The van der Waals surface area contributed by atoms with Crippen LogP contribution in [-0.2, 0) is 0 Å². The van der Waals surface area contributed by atoms with Crippen LogP contribution in [0.1, 0.15) is 41.7 Å². The molecule has 1 aromatic carbocycles. The molecule has 3 heterocycles. The van der Waals surface area contributed by atoms with Crippen LogP contribution in [0.25, 0.3) is 10.9 Å². The maximum atomic E-state index is 14.2. The van der Waals surface area contributed by atoms with Crippen LogP contribution in [0.3, 0.4) is 0 Å². The summed E-state index contributed by atoms with van der Waals surface area (Å²) in [5.74, 6) is 0.353. The largest absolute Gasteiger partial charge is 0.366 e. The van der Waals surface area contributed by atoms with Crippen molar-refractivity contribution < 1.29 is 9.18 Å². The van der Waals surface area contributed by atoms with Crippen molar-refractivity contribution in [1.29, 1.82) is 0 Å². The monoisotopic (exact) mass is 407 g/mol. The first-order valence-corrected chi connectivity index (χ1v) is 10.2. The molecule has 1 aliphatic rings. The van der Waals surface area contributed by atoms with Gasteiger partial charge in [0, 0.05) is 34.8 Å². The number of aromatic nitrogens is 2. The number of piperidine rings is 1. The number of pyridine rings is 2. The van der Waals surface area contributed by atoms with E-state index in [2.05, 4.69) is 35.2 Å². The number of carbonyl (C=O) groups excluding carboxylic acids is 1. The molecule has 0 saturated carbocycles. The van der Waals surface area contributed by atoms with Crippen LogP contribution in [0.2, 0.25) is 0 Å². The number of primary amides is 1. The van der Waals surface area contributed by atoms with Crippen molar-refractivity contribution in [2.75, 3.05) is 25.5 Å². The van der Waals surface area contributed by atoms with Crippen molar-refractivity contribution in [3.8, 4) is 0 Å². The van der Waals surface area contributed by atoms with E-state index in [1.165, 1.54) is 31.0 Å². The number of anilines is 2. The molecule has 1 amide bonds. The fourth-order valence-corrected chi connectivity index (χ4v) is 4.04. The highest BCUT2D eigenvalue weighted by molar-refractivity contribution is 5.94. The maximum Gasteiger partial charge on any atom is 0.248 e. The fraction of sp³-hybridized carbons (Fsp3) is 0.348. The minimum absolute atomic E-state index is 0.147. The lowest BCUT2D eigenvalue weighted by atomic mass is 9.83. The van der Waals surface area contributed by atoms with E-state index in [0.717, 1.165) is 29.7 Å². The molecular weight excluding hydrogens is 381 g/mol. The van der Waals surface area contributed by atoms with Crippen molar-refractivity contribution >= 4 is 28.3 Å². The van der Waals surface area contributed by atoms with Gasteiger partial charge < -0.3 is 16.0 Å². The van der Waals surface area contributed by atoms with Crippen LogP contribution >= 0.6 is 0 Å². The summed E-state index contributed by atoms with van der Waals surface area (Å²) in [6.45, 7) is 4.49. The van der Waals surface area contributed by atoms with E-state index in [4.69, 9.17) is 10.7 Å². The SMILES string of the molecule is CC(c1ccc2cnc(Nc3cc(C(N)=O)ccc3F)cc2n1)C1CCN(C)CC1. The van der Waals surface area contributed by atoms with Gasteiger partial charge in [-0.2, -0.15) is 0 Å². The first-order valence-electron chi connectivity index (χ1n) is 10.2. The third kappa shape index (κ3) is 4.26. The third-order valence-corrected chi connectivity index (χ3v) is 6.05. The van der Waals surface area contributed by atoms with Crippen LogP contribution in [0.4, 0.5) is 15.9 Å². The van der Waals surface area contributed by atoms with E-state index in [1.807, 2.05) is 6.07 Å². The summed E-state index contributed by atoms with van der Waals surface area (Å²) in [5, 5.41) is 3.86. The molecule has 4 rings (SSSR count). The quantitative estimate of drug-likeness (QED) is 0.666. The standard InChI is InChI=1S/C23H26FN5O/c1-14(15-7-9-29(2)10-8-15)19-6-4-17-13-26-22(12-20(17)27-19)28-21-11-16(23(25)30)3-5-18(21)24/h3-6,11-15H,7-10H2,1-2H3,(H2,25,30)(H,26,28). The third-order valence-electron chi connectivity index (χ3n) is 6.05. The van der Waals surface area contributed by atoms with E-state index < -0.39 is 11.7 Å². The van der Waals surface area contributed by atoms with Crippen LogP contribution in [0, 0.1) is 11.7 Å². The second-order valence-electron chi connectivity index (χ2n) is 8.11. The second kappa shape index (κ2) is 8.36. The topological polar surface area (TPSA) is 84.1 Å². The summed E-state index contributed by atoms with van der Waals surface area (Å²) in [6.07, 6.45) is 4.07.